The van der Waals surface area contributed by atoms with E-state index >= 15 is 0 Å². The Hall–Kier alpha value is -0.520. The van der Waals surface area contributed by atoms with Crippen LogP contribution in [0, 0.1) is 0 Å². The van der Waals surface area contributed by atoms with Gasteiger partial charge < -0.3 is 5.73 Å². The largest absolute Gasteiger partial charge is 0.323 e. The average Bonchev–Trinajstić information content (AvgIpc) is 2.34. The van der Waals surface area contributed by atoms with Gasteiger partial charge >= 0.3 is 0 Å². The third kappa shape index (κ3) is 6.99. The number of benzene rings is 1. The zero-order valence-corrected chi connectivity index (χ0v) is 13.3. The van der Waals surface area contributed by atoms with E-state index in [-0.39, 0.29) is 11.8 Å². The van der Waals surface area contributed by atoms with Crippen molar-refractivity contribution in [1.82, 2.24) is 0 Å². The lowest BCUT2D eigenvalue weighted by atomic mass is 10.0. The van der Waals surface area contributed by atoms with Crippen LogP contribution in [0.3, 0.4) is 0 Å². The highest BCUT2D eigenvalue weighted by molar-refractivity contribution is 8.00. The molecular weight excluding hydrogens is 278 g/mol. The van der Waals surface area contributed by atoms with Crippen LogP contribution < -0.4 is 5.73 Å². The molecule has 2 N–H and O–H groups in total. The van der Waals surface area contributed by atoms with E-state index in [0.29, 0.717) is 5.75 Å². The summed E-state index contributed by atoms with van der Waals surface area (Å²) in [5.41, 5.74) is 8.55. The molecule has 0 aliphatic carbocycles. The monoisotopic (exact) mass is 301 g/mol. The number of hydrogen-bond acceptors (Lipinski definition) is 4. The number of aryl methyl sites for hydroxylation is 1. The lowest BCUT2D eigenvalue weighted by Crippen LogP contribution is -2.14. The van der Waals surface area contributed by atoms with Gasteiger partial charge in [-0.2, -0.15) is 11.8 Å². The van der Waals surface area contributed by atoms with Gasteiger partial charge in [-0.25, -0.2) is 8.42 Å². The Bertz CT molecular complexity index is 469. The van der Waals surface area contributed by atoms with E-state index in [1.807, 2.05) is 0 Å². The van der Waals surface area contributed by atoms with Gasteiger partial charge in [-0.3, -0.25) is 0 Å². The van der Waals surface area contributed by atoms with Crippen LogP contribution in [-0.2, 0) is 16.3 Å². The maximum Gasteiger partial charge on any atom is 0.148 e. The summed E-state index contributed by atoms with van der Waals surface area (Å²) in [5, 5.41) is 0. The van der Waals surface area contributed by atoms with E-state index < -0.39 is 9.84 Å². The van der Waals surface area contributed by atoms with Crippen molar-refractivity contribution >= 4 is 21.6 Å². The lowest BCUT2D eigenvalue weighted by Gasteiger charge is -2.12. The standard InChI is InChI=1S/C14H23NO2S2/c1-3-4-12-5-7-13(8-6-12)14(15)11-18-9-10-19(2,16)17/h5-8,14H,3-4,9-11,15H2,1-2H3. The first kappa shape index (κ1) is 16.5. The molecule has 108 valence electrons. The summed E-state index contributed by atoms with van der Waals surface area (Å²) >= 11 is 1.59. The van der Waals surface area contributed by atoms with Crippen molar-refractivity contribution in [1.29, 1.82) is 0 Å². The lowest BCUT2D eigenvalue weighted by molar-refractivity contribution is 0.603. The quantitative estimate of drug-likeness (QED) is 0.749. The van der Waals surface area contributed by atoms with E-state index in [4.69, 9.17) is 5.73 Å². The molecule has 0 saturated carbocycles. The molecule has 19 heavy (non-hydrogen) atoms. The van der Waals surface area contributed by atoms with Crippen LogP contribution in [0.4, 0.5) is 0 Å². The molecule has 0 amide bonds. The zero-order chi connectivity index (χ0) is 14.3. The topological polar surface area (TPSA) is 60.2 Å². The Balaban J connectivity index is 2.38. The molecule has 1 rings (SSSR count). The summed E-state index contributed by atoms with van der Waals surface area (Å²) in [6.45, 7) is 2.16. The first-order valence-corrected chi connectivity index (χ1v) is 9.74. The van der Waals surface area contributed by atoms with Crippen LogP contribution in [-0.4, -0.2) is 31.9 Å². The summed E-state index contributed by atoms with van der Waals surface area (Å²) in [6.07, 6.45) is 3.51. The molecule has 3 nitrogen and oxygen atoms in total. The zero-order valence-electron chi connectivity index (χ0n) is 11.6. The van der Waals surface area contributed by atoms with Gasteiger partial charge in [-0.05, 0) is 17.5 Å². The molecule has 1 aromatic carbocycles. The minimum absolute atomic E-state index is 0.0276. The first-order chi connectivity index (χ1) is 8.92. The Labute approximate surface area is 120 Å². The fourth-order valence-electron chi connectivity index (χ4n) is 1.74. The Morgan fingerprint density at radius 2 is 1.89 bits per heavy atom. The molecule has 1 unspecified atom stereocenters. The van der Waals surface area contributed by atoms with Crippen molar-refractivity contribution in [2.24, 2.45) is 5.73 Å². The van der Waals surface area contributed by atoms with Gasteiger partial charge in [-0.15, -0.1) is 0 Å². The Morgan fingerprint density at radius 1 is 1.26 bits per heavy atom. The SMILES string of the molecule is CCCc1ccc(C(N)CSCCS(C)(=O)=O)cc1. The van der Waals surface area contributed by atoms with Crippen LogP contribution in [0.5, 0.6) is 0 Å². The molecule has 1 atom stereocenters. The molecule has 0 saturated heterocycles. The van der Waals surface area contributed by atoms with Gasteiger partial charge in [0, 0.05) is 23.8 Å². The molecule has 0 fully saturated rings. The van der Waals surface area contributed by atoms with Crippen LogP contribution >= 0.6 is 11.8 Å². The second-order valence-corrected chi connectivity index (χ2v) is 8.21. The van der Waals surface area contributed by atoms with Gasteiger partial charge in [-0.1, -0.05) is 37.6 Å². The maximum absolute atomic E-state index is 11.0. The first-order valence-electron chi connectivity index (χ1n) is 6.52. The van der Waals surface area contributed by atoms with Crippen LogP contribution in [0.1, 0.15) is 30.5 Å². The van der Waals surface area contributed by atoms with Crippen LogP contribution in [0.25, 0.3) is 0 Å². The predicted octanol–water partition coefficient (Wildman–Crippen LogP) is 2.42. The predicted molar refractivity (Wildman–Crippen MR) is 84.4 cm³/mol. The number of rotatable bonds is 8. The molecule has 0 bridgehead atoms. The second kappa shape index (κ2) is 7.92. The highest BCUT2D eigenvalue weighted by Crippen LogP contribution is 2.17. The van der Waals surface area contributed by atoms with Gasteiger partial charge in [0.15, 0.2) is 0 Å². The Morgan fingerprint density at radius 3 is 2.42 bits per heavy atom. The molecule has 0 heterocycles. The average molecular weight is 301 g/mol. The van der Waals surface area contributed by atoms with Crippen molar-refractivity contribution in [3.8, 4) is 0 Å². The number of sulfone groups is 1. The molecule has 1 aromatic rings. The smallest absolute Gasteiger partial charge is 0.148 e. The van der Waals surface area contributed by atoms with Crippen molar-refractivity contribution in [3.63, 3.8) is 0 Å². The summed E-state index contributed by atoms with van der Waals surface area (Å²) in [4.78, 5) is 0. The highest BCUT2D eigenvalue weighted by Gasteiger charge is 2.07. The number of hydrogen-bond donors (Lipinski definition) is 1. The third-order valence-electron chi connectivity index (χ3n) is 2.84. The van der Waals surface area contributed by atoms with E-state index in [2.05, 4.69) is 31.2 Å². The summed E-state index contributed by atoms with van der Waals surface area (Å²) < 4.78 is 22.0. The number of thioether (sulfide) groups is 1. The van der Waals surface area contributed by atoms with Crippen LogP contribution in [0.2, 0.25) is 0 Å². The molecular formula is C14H23NO2S2. The molecule has 0 aliphatic rings. The van der Waals surface area contributed by atoms with Gasteiger partial charge in [0.2, 0.25) is 0 Å². The van der Waals surface area contributed by atoms with E-state index in [1.165, 1.54) is 11.8 Å². The summed E-state index contributed by atoms with van der Waals surface area (Å²) in [5.74, 6) is 1.59. The summed E-state index contributed by atoms with van der Waals surface area (Å²) in [7, 11) is -2.86. The van der Waals surface area contributed by atoms with Crippen molar-refractivity contribution in [3.05, 3.63) is 35.4 Å². The van der Waals surface area contributed by atoms with E-state index in [0.717, 1.165) is 24.2 Å². The fraction of sp³-hybridized carbons (Fsp3) is 0.571. The van der Waals surface area contributed by atoms with Crippen molar-refractivity contribution in [2.45, 2.75) is 25.8 Å². The fourth-order valence-corrected chi connectivity index (χ4v) is 4.03. The third-order valence-corrected chi connectivity index (χ3v) is 5.13. The van der Waals surface area contributed by atoms with E-state index in [1.54, 1.807) is 11.8 Å². The van der Waals surface area contributed by atoms with Crippen molar-refractivity contribution in [2.75, 3.05) is 23.5 Å². The Kier molecular flexibility index (Phi) is 6.89. The van der Waals surface area contributed by atoms with Gasteiger partial charge in [0.25, 0.3) is 0 Å². The van der Waals surface area contributed by atoms with Crippen molar-refractivity contribution < 1.29 is 8.42 Å². The minimum Gasteiger partial charge on any atom is -0.323 e. The molecule has 0 aromatic heterocycles. The van der Waals surface area contributed by atoms with Gasteiger partial charge in [0.05, 0.1) is 5.75 Å². The summed E-state index contributed by atoms with van der Waals surface area (Å²) in [6, 6.07) is 8.37. The second-order valence-electron chi connectivity index (χ2n) is 4.80. The number of nitrogens with two attached hydrogens (primary N) is 1. The van der Waals surface area contributed by atoms with Gasteiger partial charge in [0.1, 0.15) is 9.84 Å². The molecule has 0 aliphatic heterocycles. The minimum atomic E-state index is -2.86. The maximum atomic E-state index is 11.0. The van der Waals surface area contributed by atoms with Crippen LogP contribution in [0.15, 0.2) is 24.3 Å². The van der Waals surface area contributed by atoms with E-state index in [9.17, 15) is 8.42 Å². The normalized spacial score (nSPS) is 13.4. The molecule has 5 heteroatoms. The molecule has 0 spiro atoms. The molecule has 0 radical (unpaired) electrons. The highest BCUT2D eigenvalue weighted by atomic mass is 32.2.